The van der Waals surface area contributed by atoms with Crippen molar-refractivity contribution >= 4 is 29.1 Å². The van der Waals surface area contributed by atoms with Crippen molar-refractivity contribution in [3.05, 3.63) is 33.6 Å². The largest absolute Gasteiger partial charge is 0.370 e. The highest BCUT2D eigenvalue weighted by atomic mass is 35.5. The molecule has 1 heterocycles. The summed E-state index contributed by atoms with van der Waals surface area (Å²) in [5.41, 5.74) is 0.518. The van der Waals surface area contributed by atoms with Crippen LogP contribution in [-0.2, 0) is 9.53 Å². The fourth-order valence-corrected chi connectivity index (χ4v) is 2.41. The van der Waals surface area contributed by atoms with Gasteiger partial charge in [0.1, 0.15) is 11.9 Å². The van der Waals surface area contributed by atoms with Gasteiger partial charge in [-0.25, -0.2) is 4.39 Å². The second kappa shape index (κ2) is 5.43. The van der Waals surface area contributed by atoms with Crippen LogP contribution in [-0.4, -0.2) is 30.5 Å². The van der Waals surface area contributed by atoms with E-state index in [2.05, 4.69) is 0 Å². The molecule has 1 unspecified atom stereocenters. The molecule has 2 rings (SSSR count). The molecule has 0 bridgehead atoms. The maximum Gasteiger partial charge on any atom is 0.219 e. The minimum Gasteiger partial charge on any atom is -0.370 e. The van der Waals surface area contributed by atoms with Crippen LogP contribution in [0.3, 0.4) is 0 Å². The second-order valence-corrected chi connectivity index (χ2v) is 4.93. The summed E-state index contributed by atoms with van der Waals surface area (Å²) in [7, 11) is 0. The molecule has 0 aliphatic carbocycles. The van der Waals surface area contributed by atoms with Crippen LogP contribution in [0.2, 0.25) is 10.0 Å². The highest BCUT2D eigenvalue weighted by Crippen LogP contribution is 2.32. The van der Waals surface area contributed by atoms with Crippen LogP contribution in [0.4, 0.5) is 4.39 Å². The Balaban J connectivity index is 2.26. The first-order valence-electron chi connectivity index (χ1n) is 5.50. The molecule has 6 heteroatoms. The molecule has 1 atom stereocenters. The molecule has 0 N–H and O–H groups in total. The van der Waals surface area contributed by atoms with E-state index in [1.54, 1.807) is 4.90 Å². The van der Waals surface area contributed by atoms with Gasteiger partial charge in [-0.3, -0.25) is 4.79 Å². The van der Waals surface area contributed by atoms with Crippen LogP contribution in [0.25, 0.3) is 0 Å². The zero-order valence-electron chi connectivity index (χ0n) is 9.75. The van der Waals surface area contributed by atoms with Crippen LogP contribution in [0.1, 0.15) is 18.6 Å². The molecule has 3 nitrogen and oxygen atoms in total. The molecule has 0 aromatic heterocycles. The molecule has 1 aliphatic heterocycles. The molecule has 1 fully saturated rings. The van der Waals surface area contributed by atoms with Gasteiger partial charge in [0.05, 0.1) is 18.2 Å². The van der Waals surface area contributed by atoms with Gasteiger partial charge in [0, 0.05) is 24.1 Å². The Hall–Kier alpha value is -0.840. The van der Waals surface area contributed by atoms with Crippen LogP contribution in [0.15, 0.2) is 12.1 Å². The lowest BCUT2D eigenvalue weighted by atomic mass is 10.1. The molecule has 1 aromatic carbocycles. The Morgan fingerprint density at radius 1 is 1.44 bits per heavy atom. The number of halogens is 3. The number of benzene rings is 1. The van der Waals surface area contributed by atoms with E-state index in [4.69, 9.17) is 27.9 Å². The normalized spacial score (nSPS) is 20.0. The highest BCUT2D eigenvalue weighted by Gasteiger charge is 2.26. The molecular weight excluding hydrogens is 280 g/mol. The molecule has 1 amide bonds. The van der Waals surface area contributed by atoms with Crippen molar-refractivity contribution in [3.63, 3.8) is 0 Å². The van der Waals surface area contributed by atoms with Gasteiger partial charge in [-0.2, -0.15) is 0 Å². The Labute approximate surface area is 114 Å². The smallest absolute Gasteiger partial charge is 0.219 e. The van der Waals surface area contributed by atoms with E-state index in [-0.39, 0.29) is 10.9 Å². The van der Waals surface area contributed by atoms with Crippen LogP contribution in [0.5, 0.6) is 0 Å². The maximum absolute atomic E-state index is 13.4. The second-order valence-electron chi connectivity index (χ2n) is 4.11. The number of carbonyl (C=O) groups excluding carboxylic acids is 1. The van der Waals surface area contributed by atoms with Gasteiger partial charge < -0.3 is 9.64 Å². The lowest BCUT2D eigenvalue weighted by Gasteiger charge is -2.32. The number of amides is 1. The van der Waals surface area contributed by atoms with Gasteiger partial charge in [0.25, 0.3) is 0 Å². The zero-order chi connectivity index (χ0) is 13.3. The van der Waals surface area contributed by atoms with E-state index >= 15 is 0 Å². The molecule has 18 heavy (non-hydrogen) atoms. The van der Waals surface area contributed by atoms with E-state index in [1.165, 1.54) is 19.1 Å². The molecule has 1 aromatic rings. The quantitative estimate of drug-likeness (QED) is 0.745. The van der Waals surface area contributed by atoms with Crippen LogP contribution >= 0.6 is 23.2 Å². The third kappa shape index (κ3) is 2.76. The highest BCUT2D eigenvalue weighted by molar-refractivity contribution is 6.35. The topological polar surface area (TPSA) is 29.5 Å². The SMILES string of the molecule is CC(=O)N1CCOC(c2cc(F)c(Cl)cc2Cl)C1. The van der Waals surface area contributed by atoms with Crippen molar-refractivity contribution in [3.8, 4) is 0 Å². The third-order valence-corrected chi connectivity index (χ3v) is 3.52. The Bertz CT molecular complexity index is 481. The Kier molecular flexibility index (Phi) is 4.10. The van der Waals surface area contributed by atoms with Gasteiger partial charge in [-0.05, 0) is 12.1 Å². The minimum atomic E-state index is -0.542. The number of rotatable bonds is 1. The summed E-state index contributed by atoms with van der Waals surface area (Å²) in [5, 5.41) is 0.319. The summed E-state index contributed by atoms with van der Waals surface area (Å²) in [4.78, 5) is 13.0. The summed E-state index contributed by atoms with van der Waals surface area (Å²) >= 11 is 11.7. The molecule has 0 saturated carbocycles. The predicted molar refractivity (Wildman–Crippen MR) is 67.4 cm³/mol. The summed E-state index contributed by atoms with van der Waals surface area (Å²) in [5.74, 6) is -0.575. The lowest BCUT2D eigenvalue weighted by Crippen LogP contribution is -2.41. The van der Waals surface area contributed by atoms with E-state index < -0.39 is 11.9 Å². The summed E-state index contributed by atoms with van der Waals surface area (Å²) < 4.78 is 19.0. The van der Waals surface area contributed by atoms with E-state index in [0.29, 0.717) is 30.3 Å². The number of hydrogen-bond acceptors (Lipinski definition) is 2. The average molecular weight is 292 g/mol. The van der Waals surface area contributed by atoms with Crippen LogP contribution in [0, 0.1) is 5.82 Å². The van der Waals surface area contributed by atoms with Crippen LogP contribution < -0.4 is 0 Å². The number of nitrogens with zero attached hydrogens (tertiary/aromatic N) is 1. The molecule has 1 saturated heterocycles. The molecular formula is C12H12Cl2FNO2. The first-order chi connectivity index (χ1) is 8.49. The number of hydrogen-bond donors (Lipinski definition) is 0. The number of ether oxygens (including phenoxy) is 1. The number of morpholine rings is 1. The van der Waals surface area contributed by atoms with Crippen molar-refractivity contribution < 1.29 is 13.9 Å². The van der Waals surface area contributed by atoms with Gasteiger partial charge >= 0.3 is 0 Å². The molecule has 1 aliphatic rings. The average Bonchev–Trinajstić information content (AvgIpc) is 2.34. The standard InChI is InChI=1S/C12H12Cl2FNO2/c1-7(17)16-2-3-18-12(6-16)8-4-11(15)10(14)5-9(8)13/h4-5,12H,2-3,6H2,1H3. The first-order valence-corrected chi connectivity index (χ1v) is 6.26. The monoisotopic (exact) mass is 291 g/mol. The Morgan fingerprint density at radius 2 is 2.17 bits per heavy atom. The fourth-order valence-electron chi connectivity index (χ4n) is 1.91. The van der Waals surface area contributed by atoms with Crippen molar-refractivity contribution in [2.24, 2.45) is 0 Å². The molecule has 0 radical (unpaired) electrons. The molecule has 0 spiro atoms. The van der Waals surface area contributed by atoms with Gasteiger partial charge in [-0.15, -0.1) is 0 Å². The summed E-state index contributed by atoms with van der Waals surface area (Å²) in [6, 6.07) is 2.61. The maximum atomic E-state index is 13.4. The van der Waals surface area contributed by atoms with E-state index in [9.17, 15) is 9.18 Å². The van der Waals surface area contributed by atoms with Crippen molar-refractivity contribution in [1.82, 2.24) is 4.90 Å². The minimum absolute atomic E-state index is 0.0250. The molecule has 98 valence electrons. The van der Waals surface area contributed by atoms with Gasteiger partial charge in [0.15, 0.2) is 0 Å². The van der Waals surface area contributed by atoms with Gasteiger partial charge in [0.2, 0.25) is 5.91 Å². The third-order valence-electron chi connectivity index (χ3n) is 2.90. The first kappa shape index (κ1) is 13.6. The predicted octanol–water partition coefficient (Wildman–Crippen LogP) is 3.05. The van der Waals surface area contributed by atoms with Gasteiger partial charge in [-0.1, -0.05) is 23.2 Å². The fraction of sp³-hybridized carbons (Fsp3) is 0.417. The Morgan fingerprint density at radius 3 is 2.83 bits per heavy atom. The van der Waals surface area contributed by atoms with E-state index in [0.717, 1.165) is 0 Å². The summed E-state index contributed by atoms with van der Waals surface area (Å²) in [6.45, 7) is 2.81. The van der Waals surface area contributed by atoms with E-state index in [1.807, 2.05) is 0 Å². The summed E-state index contributed by atoms with van der Waals surface area (Å²) in [6.07, 6.45) is -0.415. The van der Waals surface area contributed by atoms with Crippen molar-refractivity contribution in [2.45, 2.75) is 13.0 Å². The number of carbonyl (C=O) groups is 1. The van der Waals surface area contributed by atoms with Crippen molar-refractivity contribution in [2.75, 3.05) is 19.7 Å². The lowest BCUT2D eigenvalue weighted by molar-refractivity contribution is -0.136. The van der Waals surface area contributed by atoms with Crippen molar-refractivity contribution in [1.29, 1.82) is 0 Å². The zero-order valence-corrected chi connectivity index (χ0v) is 11.3.